The van der Waals surface area contributed by atoms with Crippen molar-refractivity contribution < 1.29 is 19.7 Å². The summed E-state index contributed by atoms with van der Waals surface area (Å²) in [7, 11) is 0. The maximum absolute atomic E-state index is 8.72. The lowest BCUT2D eigenvalue weighted by Crippen LogP contribution is -2.46. The zero-order chi connectivity index (χ0) is 10.1. The van der Waals surface area contributed by atoms with Gasteiger partial charge >= 0.3 is 0 Å². The standard InChI is InChI=1S/C6H9Cl3O4/c7-6(8,9)4-2-12-3(1-13-4)5(10)11/h3-5,10-11H,1-2H2. The molecule has 0 bridgehead atoms. The minimum Gasteiger partial charge on any atom is -0.368 e. The van der Waals surface area contributed by atoms with Crippen LogP contribution in [-0.2, 0) is 9.47 Å². The van der Waals surface area contributed by atoms with Gasteiger partial charge in [0.25, 0.3) is 0 Å². The Morgan fingerprint density at radius 1 is 1.15 bits per heavy atom. The number of alkyl halides is 3. The number of halogens is 3. The molecule has 0 aromatic heterocycles. The summed E-state index contributed by atoms with van der Waals surface area (Å²) in [5, 5.41) is 17.4. The van der Waals surface area contributed by atoms with Crippen LogP contribution < -0.4 is 0 Å². The number of ether oxygens (including phenoxy) is 2. The zero-order valence-electron chi connectivity index (χ0n) is 6.49. The van der Waals surface area contributed by atoms with E-state index in [1.54, 1.807) is 0 Å². The van der Waals surface area contributed by atoms with E-state index in [1.807, 2.05) is 0 Å². The molecule has 2 unspecified atom stereocenters. The van der Waals surface area contributed by atoms with E-state index in [4.69, 9.17) is 54.5 Å². The lowest BCUT2D eigenvalue weighted by Gasteiger charge is -2.33. The fraction of sp³-hybridized carbons (Fsp3) is 1.00. The first-order valence-corrected chi connectivity index (χ1v) is 4.70. The molecule has 13 heavy (non-hydrogen) atoms. The number of hydrogen-bond donors (Lipinski definition) is 2. The van der Waals surface area contributed by atoms with Crippen molar-refractivity contribution in [3.63, 3.8) is 0 Å². The summed E-state index contributed by atoms with van der Waals surface area (Å²) in [6, 6.07) is 0. The average Bonchev–Trinajstić information content (AvgIpc) is 2.03. The summed E-state index contributed by atoms with van der Waals surface area (Å²) in [5.74, 6) is 0. The van der Waals surface area contributed by atoms with E-state index in [0.717, 1.165) is 0 Å². The highest BCUT2D eigenvalue weighted by Crippen LogP contribution is 2.34. The first kappa shape index (κ1) is 11.8. The molecule has 2 atom stereocenters. The second kappa shape index (κ2) is 4.49. The van der Waals surface area contributed by atoms with Crippen molar-refractivity contribution in [1.29, 1.82) is 0 Å². The lowest BCUT2D eigenvalue weighted by molar-refractivity contribution is -0.213. The van der Waals surface area contributed by atoms with Crippen LogP contribution in [0.4, 0.5) is 0 Å². The molecule has 1 saturated heterocycles. The number of aliphatic hydroxyl groups is 2. The van der Waals surface area contributed by atoms with E-state index >= 15 is 0 Å². The Bertz CT molecular complexity index is 162. The highest BCUT2D eigenvalue weighted by molar-refractivity contribution is 6.68. The molecule has 1 rings (SSSR count). The van der Waals surface area contributed by atoms with Gasteiger partial charge in [-0.05, 0) is 0 Å². The molecule has 0 radical (unpaired) electrons. The van der Waals surface area contributed by atoms with E-state index in [9.17, 15) is 0 Å². The van der Waals surface area contributed by atoms with Gasteiger partial charge in [-0.15, -0.1) is 0 Å². The molecule has 1 fully saturated rings. The van der Waals surface area contributed by atoms with Gasteiger partial charge in [-0.1, -0.05) is 34.8 Å². The van der Waals surface area contributed by atoms with Gasteiger partial charge in [0.1, 0.15) is 12.2 Å². The van der Waals surface area contributed by atoms with Gasteiger partial charge in [0, 0.05) is 0 Å². The van der Waals surface area contributed by atoms with Crippen molar-refractivity contribution >= 4 is 34.8 Å². The Morgan fingerprint density at radius 3 is 2.08 bits per heavy atom. The van der Waals surface area contributed by atoms with Crippen molar-refractivity contribution in [2.24, 2.45) is 0 Å². The Morgan fingerprint density at radius 2 is 1.77 bits per heavy atom. The molecule has 1 aliphatic heterocycles. The molecule has 0 aliphatic carbocycles. The third-order valence-electron chi connectivity index (χ3n) is 1.62. The fourth-order valence-electron chi connectivity index (χ4n) is 0.879. The molecular formula is C6H9Cl3O4. The van der Waals surface area contributed by atoms with E-state index < -0.39 is 22.3 Å². The minimum absolute atomic E-state index is 0.00373. The fourth-order valence-corrected chi connectivity index (χ4v) is 1.26. The molecule has 0 amide bonds. The molecule has 1 heterocycles. The average molecular weight is 251 g/mol. The van der Waals surface area contributed by atoms with Gasteiger partial charge < -0.3 is 19.7 Å². The van der Waals surface area contributed by atoms with Gasteiger partial charge in [0.05, 0.1) is 13.2 Å². The van der Waals surface area contributed by atoms with Crippen LogP contribution in [0.1, 0.15) is 0 Å². The molecule has 7 heteroatoms. The summed E-state index contributed by atoms with van der Waals surface area (Å²) in [4.78, 5) is 0. The van der Waals surface area contributed by atoms with Crippen molar-refractivity contribution in [2.45, 2.75) is 22.3 Å². The quantitative estimate of drug-likeness (QED) is 0.525. The van der Waals surface area contributed by atoms with Crippen molar-refractivity contribution in [1.82, 2.24) is 0 Å². The third-order valence-corrected chi connectivity index (χ3v) is 2.35. The highest BCUT2D eigenvalue weighted by atomic mass is 35.6. The van der Waals surface area contributed by atoms with Crippen LogP contribution in [0.25, 0.3) is 0 Å². The molecule has 78 valence electrons. The van der Waals surface area contributed by atoms with Crippen LogP contribution in [0.3, 0.4) is 0 Å². The van der Waals surface area contributed by atoms with E-state index in [-0.39, 0.29) is 13.2 Å². The molecule has 0 spiro atoms. The topological polar surface area (TPSA) is 58.9 Å². The van der Waals surface area contributed by atoms with Crippen LogP contribution in [-0.4, -0.2) is 45.7 Å². The molecule has 0 aromatic rings. The highest BCUT2D eigenvalue weighted by Gasteiger charge is 2.38. The molecule has 0 saturated carbocycles. The SMILES string of the molecule is OC(O)C1COC(C(Cl)(Cl)Cl)CO1. The first-order valence-electron chi connectivity index (χ1n) is 3.57. The van der Waals surface area contributed by atoms with Gasteiger partial charge in [0.15, 0.2) is 6.29 Å². The molecule has 4 nitrogen and oxygen atoms in total. The Balaban J connectivity index is 2.39. The maximum atomic E-state index is 8.72. The van der Waals surface area contributed by atoms with Crippen LogP contribution in [0.2, 0.25) is 0 Å². The molecule has 2 N–H and O–H groups in total. The zero-order valence-corrected chi connectivity index (χ0v) is 8.76. The number of hydrogen-bond acceptors (Lipinski definition) is 4. The van der Waals surface area contributed by atoms with Gasteiger partial charge in [-0.3, -0.25) is 0 Å². The minimum atomic E-state index is -1.57. The van der Waals surface area contributed by atoms with Gasteiger partial charge in [-0.2, -0.15) is 0 Å². The van der Waals surface area contributed by atoms with Crippen LogP contribution in [0, 0.1) is 0 Å². The summed E-state index contributed by atoms with van der Waals surface area (Å²) in [6.45, 7) is 0.0228. The molecule has 0 aromatic carbocycles. The van der Waals surface area contributed by atoms with Crippen molar-refractivity contribution in [3.8, 4) is 0 Å². The summed E-state index contributed by atoms with van der Waals surface area (Å²) < 4.78 is 8.53. The molecule has 1 aliphatic rings. The summed E-state index contributed by atoms with van der Waals surface area (Å²) in [6.07, 6.45) is -3.02. The smallest absolute Gasteiger partial charge is 0.218 e. The van der Waals surface area contributed by atoms with Gasteiger partial charge in [-0.25, -0.2) is 0 Å². The Labute approximate surface area is 90.3 Å². The second-order valence-electron chi connectivity index (χ2n) is 2.65. The third kappa shape index (κ3) is 3.40. The van der Waals surface area contributed by atoms with Crippen LogP contribution in [0.15, 0.2) is 0 Å². The van der Waals surface area contributed by atoms with Crippen LogP contribution >= 0.6 is 34.8 Å². The largest absolute Gasteiger partial charge is 0.368 e. The number of aliphatic hydroxyl groups excluding tert-OH is 1. The van der Waals surface area contributed by atoms with E-state index in [0.29, 0.717) is 0 Å². The van der Waals surface area contributed by atoms with Crippen molar-refractivity contribution in [2.75, 3.05) is 13.2 Å². The monoisotopic (exact) mass is 250 g/mol. The lowest BCUT2D eigenvalue weighted by atomic mass is 10.3. The van der Waals surface area contributed by atoms with Crippen molar-refractivity contribution in [3.05, 3.63) is 0 Å². The molecular weight excluding hydrogens is 242 g/mol. The van der Waals surface area contributed by atoms with Crippen LogP contribution in [0.5, 0.6) is 0 Å². The Hall–Kier alpha value is 0.710. The normalized spacial score (nSPS) is 30.9. The summed E-state index contributed by atoms with van der Waals surface area (Å²) >= 11 is 16.6. The van der Waals surface area contributed by atoms with E-state index in [2.05, 4.69) is 0 Å². The predicted molar refractivity (Wildman–Crippen MR) is 48.0 cm³/mol. The first-order chi connectivity index (χ1) is 5.91. The van der Waals surface area contributed by atoms with E-state index in [1.165, 1.54) is 0 Å². The Kier molecular flexibility index (Phi) is 4.07. The second-order valence-corrected chi connectivity index (χ2v) is 5.02. The number of rotatable bonds is 1. The van der Waals surface area contributed by atoms with Gasteiger partial charge in [0.2, 0.25) is 3.79 Å². The predicted octanol–water partition coefficient (Wildman–Crippen LogP) is 0.451. The summed E-state index contributed by atoms with van der Waals surface area (Å²) in [5.41, 5.74) is 0. The maximum Gasteiger partial charge on any atom is 0.218 e.